The number of nitrogens with zero attached hydrogens (tertiary/aromatic N) is 1. The minimum absolute atomic E-state index is 0. The number of nitrogens with one attached hydrogen (secondary N) is 2. The molecule has 0 saturated carbocycles. The first-order valence-corrected chi connectivity index (χ1v) is 9.53. The van der Waals surface area contributed by atoms with Gasteiger partial charge in [0.2, 0.25) is 10.0 Å². The first kappa shape index (κ1) is 19.2. The molecule has 2 aliphatic heterocycles. The number of benzene rings is 1. The number of hydrogen-bond acceptors (Lipinski definition) is 4. The summed E-state index contributed by atoms with van der Waals surface area (Å²) in [6.45, 7) is 3.67. The Kier molecular flexibility index (Phi) is 6.25. The van der Waals surface area contributed by atoms with Crippen LogP contribution in [0.2, 0.25) is 0 Å². The molecule has 2 atom stereocenters. The SMILES string of the molecule is CNS(=O)(=O)c1ccc(C(=O)N2CC[C@@H]3CNC[C@@H]3CC2)cc1.Cl. The minimum Gasteiger partial charge on any atom is -0.339 e. The zero-order valence-electron chi connectivity index (χ0n) is 13.7. The van der Waals surface area contributed by atoms with E-state index in [-0.39, 0.29) is 23.2 Å². The Hall–Kier alpha value is -1.15. The van der Waals surface area contributed by atoms with E-state index in [9.17, 15) is 13.2 Å². The summed E-state index contributed by atoms with van der Waals surface area (Å²) in [6, 6.07) is 6.16. The molecule has 2 aliphatic rings. The minimum atomic E-state index is -3.46. The number of carbonyl (C=O) groups is 1. The molecular weight excluding hydrogens is 350 g/mol. The van der Waals surface area contributed by atoms with Crippen molar-refractivity contribution >= 4 is 28.3 Å². The maximum absolute atomic E-state index is 12.6. The third-order valence-corrected chi connectivity index (χ3v) is 6.42. The van der Waals surface area contributed by atoms with E-state index < -0.39 is 10.0 Å². The summed E-state index contributed by atoms with van der Waals surface area (Å²) in [7, 11) is -2.09. The van der Waals surface area contributed by atoms with Crippen LogP contribution in [0.3, 0.4) is 0 Å². The number of sulfonamides is 1. The fourth-order valence-electron chi connectivity index (χ4n) is 3.50. The largest absolute Gasteiger partial charge is 0.339 e. The molecule has 2 heterocycles. The van der Waals surface area contributed by atoms with Crippen molar-refractivity contribution in [2.45, 2.75) is 17.7 Å². The average Bonchev–Trinajstić information content (AvgIpc) is 2.93. The zero-order chi connectivity index (χ0) is 16.4. The Morgan fingerprint density at radius 1 is 1.12 bits per heavy atom. The van der Waals surface area contributed by atoms with E-state index in [4.69, 9.17) is 0 Å². The van der Waals surface area contributed by atoms with Crippen LogP contribution in [-0.4, -0.2) is 52.5 Å². The van der Waals surface area contributed by atoms with Crippen molar-refractivity contribution in [2.24, 2.45) is 11.8 Å². The standard InChI is InChI=1S/C16H23N3O3S.ClH/c1-17-23(21,22)15-4-2-12(3-5-15)16(20)19-8-6-13-10-18-11-14(13)7-9-19;/h2-5,13-14,17-18H,6-11H2,1H3;1H/t13-,14+;. The molecule has 2 saturated heterocycles. The molecule has 0 bridgehead atoms. The second kappa shape index (κ2) is 7.82. The highest BCUT2D eigenvalue weighted by Gasteiger charge is 2.31. The Bertz CT molecular complexity index is 664. The lowest BCUT2D eigenvalue weighted by Gasteiger charge is -2.21. The molecule has 2 N–H and O–H groups in total. The lowest BCUT2D eigenvalue weighted by molar-refractivity contribution is 0.0758. The number of carbonyl (C=O) groups excluding carboxylic acids is 1. The molecular formula is C16H24ClN3O3S. The van der Waals surface area contributed by atoms with Gasteiger partial charge in [-0.1, -0.05) is 0 Å². The number of halogens is 1. The van der Waals surface area contributed by atoms with E-state index >= 15 is 0 Å². The Morgan fingerprint density at radius 2 is 1.67 bits per heavy atom. The van der Waals surface area contributed by atoms with Crippen molar-refractivity contribution in [3.8, 4) is 0 Å². The second-order valence-corrected chi connectivity index (χ2v) is 8.17. The molecule has 0 aromatic heterocycles. The third-order valence-electron chi connectivity index (χ3n) is 4.99. The zero-order valence-corrected chi connectivity index (χ0v) is 15.3. The van der Waals surface area contributed by atoms with E-state index in [0.717, 1.165) is 39.0 Å². The fourth-order valence-corrected chi connectivity index (χ4v) is 4.23. The van der Waals surface area contributed by atoms with Gasteiger partial charge in [0.25, 0.3) is 5.91 Å². The predicted molar refractivity (Wildman–Crippen MR) is 94.9 cm³/mol. The van der Waals surface area contributed by atoms with Gasteiger partial charge in [0.05, 0.1) is 4.90 Å². The van der Waals surface area contributed by atoms with Gasteiger partial charge in [-0.2, -0.15) is 0 Å². The quantitative estimate of drug-likeness (QED) is 0.831. The normalized spacial score (nSPS) is 24.0. The van der Waals surface area contributed by atoms with Gasteiger partial charge >= 0.3 is 0 Å². The number of hydrogen-bond donors (Lipinski definition) is 2. The van der Waals surface area contributed by atoms with Crippen LogP contribution in [0.4, 0.5) is 0 Å². The van der Waals surface area contributed by atoms with Gasteiger partial charge in [0, 0.05) is 18.7 Å². The summed E-state index contributed by atoms with van der Waals surface area (Å²) in [6.07, 6.45) is 2.07. The Morgan fingerprint density at radius 3 is 2.17 bits per heavy atom. The summed E-state index contributed by atoms with van der Waals surface area (Å²) < 4.78 is 25.7. The van der Waals surface area contributed by atoms with Crippen molar-refractivity contribution in [2.75, 3.05) is 33.2 Å². The van der Waals surface area contributed by atoms with Gasteiger partial charge in [-0.05, 0) is 69.1 Å². The van der Waals surface area contributed by atoms with Crippen molar-refractivity contribution in [1.29, 1.82) is 0 Å². The van der Waals surface area contributed by atoms with Crippen LogP contribution in [0.15, 0.2) is 29.2 Å². The van der Waals surface area contributed by atoms with Crippen LogP contribution in [0.25, 0.3) is 0 Å². The van der Waals surface area contributed by atoms with Crippen molar-refractivity contribution in [3.05, 3.63) is 29.8 Å². The van der Waals surface area contributed by atoms with Crippen LogP contribution in [0.5, 0.6) is 0 Å². The first-order chi connectivity index (χ1) is 11.0. The first-order valence-electron chi connectivity index (χ1n) is 8.05. The van der Waals surface area contributed by atoms with Gasteiger partial charge in [0.15, 0.2) is 0 Å². The molecule has 6 nitrogen and oxygen atoms in total. The third kappa shape index (κ3) is 3.91. The van der Waals surface area contributed by atoms with Crippen molar-refractivity contribution in [3.63, 3.8) is 0 Å². The summed E-state index contributed by atoms with van der Waals surface area (Å²) in [5.74, 6) is 1.35. The molecule has 134 valence electrons. The topological polar surface area (TPSA) is 78.5 Å². The molecule has 1 aromatic rings. The Balaban J connectivity index is 0.00000208. The highest BCUT2D eigenvalue weighted by Crippen LogP contribution is 2.27. The molecule has 0 aliphatic carbocycles. The van der Waals surface area contributed by atoms with Crippen molar-refractivity contribution < 1.29 is 13.2 Å². The summed E-state index contributed by atoms with van der Waals surface area (Å²) in [4.78, 5) is 14.7. The highest BCUT2D eigenvalue weighted by atomic mass is 35.5. The van der Waals surface area contributed by atoms with Gasteiger partial charge < -0.3 is 10.2 Å². The monoisotopic (exact) mass is 373 g/mol. The summed E-state index contributed by atoms with van der Waals surface area (Å²) in [5, 5.41) is 3.43. The summed E-state index contributed by atoms with van der Waals surface area (Å²) >= 11 is 0. The number of amides is 1. The predicted octanol–water partition coefficient (Wildman–Crippen LogP) is 1.09. The molecule has 3 rings (SSSR count). The molecule has 1 aromatic carbocycles. The maximum Gasteiger partial charge on any atom is 0.253 e. The van der Waals surface area contributed by atoms with E-state index in [2.05, 4.69) is 10.0 Å². The number of rotatable bonds is 3. The highest BCUT2D eigenvalue weighted by molar-refractivity contribution is 7.89. The van der Waals surface area contributed by atoms with Gasteiger partial charge in [0.1, 0.15) is 0 Å². The van der Waals surface area contributed by atoms with Crippen LogP contribution < -0.4 is 10.0 Å². The van der Waals surface area contributed by atoms with Gasteiger partial charge in [-0.25, -0.2) is 13.1 Å². The summed E-state index contributed by atoms with van der Waals surface area (Å²) in [5.41, 5.74) is 0.547. The smallest absolute Gasteiger partial charge is 0.253 e. The van der Waals surface area contributed by atoms with Crippen LogP contribution >= 0.6 is 12.4 Å². The fraction of sp³-hybridized carbons (Fsp3) is 0.562. The number of fused-ring (bicyclic) bond motifs is 1. The molecule has 2 fully saturated rings. The number of likely N-dealkylation sites (tertiary alicyclic amines) is 1. The molecule has 8 heteroatoms. The molecule has 1 amide bonds. The van der Waals surface area contributed by atoms with Gasteiger partial charge in [-0.3, -0.25) is 4.79 Å². The second-order valence-electron chi connectivity index (χ2n) is 6.28. The lowest BCUT2D eigenvalue weighted by atomic mass is 9.92. The van der Waals surface area contributed by atoms with Gasteiger partial charge in [-0.15, -0.1) is 12.4 Å². The van der Waals surface area contributed by atoms with E-state index in [1.807, 2.05) is 4.90 Å². The van der Waals surface area contributed by atoms with E-state index in [0.29, 0.717) is 17.4 Å². The van der Waals surface area contributed by atoms with E-state index in [1.165, 1.54) is 19.2 Å². The maximum atomic E-state index is 12.6. The van der Waals surface area contributed by atoms with Crippen LogP contribution in [-0.2, 0) is 10.0 Å². The molecule has 0 unspecified atom stereocenters. The molecule has 0 radical (unpaired) electrons. The average molecular weight is 374 g/mol. The van der Waals surface area contributed by atoms with Crippen LogP contribution in [0, 0.1) is 11.8 Å². The molecule has 24 heavy (non-hydrogen) atoms. The van der Waals surface area contributed by atoms with E-state index in [1.54, 1.807) is 12.1 Å². The lowest BCUT2D eigenvalue weighted by Crippen LogP contribution is -2.32. The molecule has 0 spiro atoms. The van der Waals surface area contributed by atoms with Crippen molar-refractivity contribution in [1.82, 2.24) is 14.9 Å². The van der Waals surface area contributed by atoms with Crippen LogP contribution in [0.1, 0.15) is 23.2 Å². The Labute approximate surface area is 149 Å².